The molecular formula is C19H27FO2. The highest BCUT2D eigenvalue weighted by Crippen LogP contribution is 2.51. The molecule has 0 aromatic heterocycles. The molecule has 2 bridgehead atoms. The zero-order valence-electron chi connectivity index (χ0n) is 13.9. The quantitative estimate of drug-likeness (QED) is 0.905. The summed E-state index contributed by atoms with van der Waals surface area (Å²) in [7, 11) is 1.57. The van der Waals surface area contributed by atoms with Gasteiger partial charge in [-0.15, -0.1) is 0 Å². The normalized spacial score (nSPS) is 30.8. The van der Waals surface area contributed by atoms with Gasteiger partial charge in [0.15, 0.2) is 0 Å². The Bertz CT molecular complexity index is 555. The number of methoxy groups -OCH3 is 1. The number of rotatable bonds is 3. The molecule has 0 amide bonds. The van der Waals surface area contributed by atoms with Gasteiger partial charge < -0.3 is 9.84 Å². The van der Waals surface area contributed by atoms with Crippen LogP contribution in [0.3, 0.4) is 0 Å². The summed E-state index contributed by atoms with van der Waals surface area (Å²) in [6.45, 7) is 4.37. The van der Waals surface area contributed by atoms with Crippen LogP contribution >= 0.6 is 0 Å². The molecule has 3 atom stereocenters. The van der Waals surface area contributed by atoms with Crippen LogP contribution in [0.5, 0.6) is 5.75 Å². The Kier molecular flexibility index (Phi) is 4.19. The second-order valence-corrected chi connectivity index (χ2v) is 7.54. The average molecular weight is 306 g/mol. The predicted octanol–water partition coefficient (Wildman–Crippen LogP) is 4.23. The van der Waals surface area contributed by atoms with E-state index in [9.17, 15) is 9.50 Å². The van der Waals surface area contributed by atoms with Gasteiger partial charge in [-0.1, -0.05) is 26.7 Å². The van der Waals surface area contributed by atoms with E-state index in [1.165, 1.54) is 6.07 Å². The molecule has 22 heavy (non-hydrogen) atoms. The fraction of sp³-hybridized carbons (Fsp3) is 0.684. The fourth-order valence-corrected chi connectivity index (χ4v) is 4.82. The molecule has 3 rings (SSSR count). The van der Waals surface area contributed by atoms with Gasteiger partial charge in [-0.2, -0.15) is 0 Å². The van der Waals surface area contributed by atoms with Crippen LogP contribution in [-0.4, -0.2) is 18.3 Å². The summed E-state index contributed by atoms with van der Waals surface area (Å²) in [6, 6.07) is 3.47. The first-order valence-corrected chi connectivity index (χ1v) is 8.53. The first-order chi connectivity index (χ1) is 10.5. The number of hydrogen-bond donors (Lipinski definition) is 1. The summed E-state index contributed by atoms with van der Waals surface area (Å²) in [5.41, 5.74) is 1.51. The van der Waals surface area contributed by atoms with E-state index in [2.05, 4.69) is 13.8 Å². The maximum atomic E-state index is 14.6. The SMILES string of the molecule is COc1cc(F)c2c(c1)C1(CC(C)C)CCCCC(C2)C1O. The number of benzene rings is 1. The van der Waals surface area contributed by atoms with Crippen LogP contribution in [-0.2, 0) is 11.8 Å². The van der Waals surface area contributed by atoms with Gasteiger partial charge >= 0.3 is 0 Å². The highest BCUT2D eigenvalue weighted by atomic mass is 19.1. The molecule has 1 N–H and O–H groups in total. The Morgan fingerprint density at radius 2 is 2.14 bits per heavy atom. The van der Waals surface area contributed by atoms with Crippen molar-refractivity contribution in [2.45, 2.75) is 63.9 Å². The van der Waals surface area contributed by atoms with Crippen LogP contribution in [0, 0.1) is 17.7 Å². The van der Waals surface area contributed by atoms with Crippen LogP contribution in [0.4, 0.5) is 4.39 Å². The Hall–Kier alpha value is -1.09. The third-order valence-electron chi connectivity index (χ3n) is 5.64. The van der Waals surface area contributed by atoms with E-state index in [-0.39, 0.29) is 23.3 Å². The smallest absolute Gasteiger partial charge is 0.130 e. The highest BCUT2D eigenvalue weighted by Gasteiger charge is 2.49. The average Bonchev–Trinajstić information content (AvgIpc) is 2.56. The van der Waals surface area contributed by atoms with Crippen molar-refractivity contribution in [3.63, 3.8) is 0 Å². The Morgan fingerprint density at radius 1 is 1.36 bits per heavy atom. The topological polar surface area (TPSA) is 29.5 Å². The number of hydrogen-bond acceptors (Lipinski definition) is 2. The number of aliphatic hydroxyl groups excluding tert-OH is 1. The van der Waals surface area contributed by atoms with Crippen molar-refractivity contribution >= 4 is 0 Å². The van der Waals surface area contributed by atoms with Crippen molar-refractivity contribution < 1.29 is 14.2 Å². The van der Waals surface area contributed by atoms with Crippen LogP contribution < -0.4 is 4.74 Å². The summed E-state index contributed by atoms with van der Waals surface area (Å²) in [5, 5.41) is 11.1. The van der Waals surface area contributed by atoms with E-state index in [0.717, 1.165) is 43.2 Å². The van der Waals surface area contributed by atoms with Crippen molar-refractivity contribution in [3.8, 4) is 5.75 Å². The van der Waals surface area contributed by atoms with E-state index in [1.807, 2.05) is 6.07 Å². The van der Waals surface area contributed by atoms with Gasteiger partial charge in [0.2, 0.25) is 0 Å². The van der Waals surface area contributed by atoms with Gasteiger partial charge in [-0.05, 0) is 54.7 Å². The number of aliphatic hydroxyl groups is 1. The molecule has 1 aromatic rings. The monoisotopic (exact) mass is 306 g/mol. The second-order valence-electron chi connectivity index (χ2n) is 7.54. The van der Waals surface area contributed by atoms with Gasteiger partial charge in [0, 0.05) is 11.5 Å². The van der Waals surface area contributed by atoms with E-state index < -0.39 is 0 Å². The van der Waals surface area contributed by atoms with Gasteiger partial charge in [-0.25, -0.2) is 4.39 Å². The summed E-state index contributed by atoms with van der Waals surface area (Å²) < 4.78 is 19.9. The standard InChI is InChI=1S/C19H27FO2/c1-12(2)11-19-7-5-4-6-13(18(19)21)8-15-16(19)9-14(22-3)10-17(15)20/h9-10,12-13,18,21H,4-8,11H2,1-3H3. The molecule has 0 radical (unpaired) electrons. The van der Waals surface area contributed by atoms with Crippen LogP contribution in [0.1, 0.15) is 57.1 Å². The maximum absolute atomic E-state index is 14.6. The first kappa shape index (κ1) is 15.8. The molecule has 1 aromatic carbocycles. The molecule has 2 aliphatic rings. The summed E-state index contributed by atoms with van der Waals surface area (Å²) in [5.74, 6) is 1.06. The van der Waals surface area contributed by atoms with Gasteiger partial charge in [0.05, 0.1) is 13.2 Å². The second kappa shape index (κ2) is 5.84. The van der Waals surface area contributed by atoms with E-state index in [1.54, 1.807) is 7.11 Å². The Morgan fingerprint density at radius 3 is 2.82 bits per heavy atom. The summed E-state index contributed by atoms with van der Waals surface area (Å²) >= 11 is 0. The van der Waals surface area contributed by atoms with Crippen LogP contribution in [0.25, 0.3) is 0 Å². The molecule has 2 aliphatic carbocycles. The number of ether oxygens (including phenoxy) is 1. The maximum Gasteiger partial charge on any atom is 0.130 e. The van der Waals surface area contributed by atoms with Crippen LogP contribution in [0.2, 0.25) is 0 Å². The zero-order valence-corrected chi connectivity index (χ0v) is 13.9. The lowest BCUT2D eigenvalue weighted by atomic mass is 9.60. The molecule has 3 unspecified atom stereocenters. The van der Waals surface area contributed by atoms with Crippen molar-refractivity contribution in [1.82, 2.24) is 0 Å². The lowest BCUT2D eigenvalue weighted by Crippen LogP contribution is -2.48. The van der Waals surface area contributed by atoms with E-state index in [0.29, 0.717) is 18.1 Å². The lowest BCUT2D eigenvalue weighted by Gasteiger charge is -2.47. The van der Waals surface area contributed by atoms with Gasteiger partial charge in [0.25, 0.3) is 0 Å². The first-order valence-electron chi connectivity index (χ1n) is 8.53. The summed E-state index contributed by atoms with van der Waals surface area (Å²) in [6.07, 6.45) is 5.40. The molecule has 2 nitrogen and oxygen atoms in total. The molecule has 1 saturated carbocycles. The largest absolute Gasteiger partial charge is 0.497 e. The third kappa shape index (κ3) is 2.44. The Labute approximate surface area is 132 Å². The molecular weight excluding hydrogens is 279 g/mol. The molecule has 0 aliphatic heterocycles. The molecule has 0 heterocycles. The van der Waals surface area contributed by atoms with Crippen molar-refractivity contribution in [1.29, 1.82) is 0 Å². The molecule has 122 valence electrons. The number of halogens is 1. The van der Waals surface area contributed by atoms with Crippen molar-refractivity contribution in [2.24, 2.45) is 11.8 Å². The molecule has 3 heteroatoms. The van der Waals surface area contributed by atoms with E-state index in [4.69, 9.17) is 4.74 Å². The van der Waals surface area contributed by atoms with Gasteiger partial charge in [-0.3, -0.25) is 0 Å². The minimum absolute atomic E-state index is 0.165. The van der Waals surface area contributed by atoms with Crippen molar-refractivity contribution in [2.75, 3.05) is 7.11 Å². The third-order valence-corrected chi connectivity index (χ3v) is 5.64. The number of fused-ring (bicyclic) bond motifs is 4. The highest BCUT2D eigenvalue weighted by molar-refractivity contribution is 5.45. The zero-order chi connectivity index (χ0) is 15.9. The molecule has 1 fully saturated rings. The minimum Gasteiger partial charge on any atom is -0.497 e. The predicted molar refractivity (Wildman–Crippen MR) is 85.8 cm³/mol. The molecule has 0 spiro atoms. The van der Waals surface area contributed by atoms with Crippen LogP contribution in [0.15, 0.2) is 12.1 Å². The minimum atomic E-state index is -0.364. The fourth-order valence-electron chi connectivity index (χ4n) is 4.82. The lowest BCUT2D eigenvalue weighted by molar-refractivity contribution is 0.00730. The Balaban J connectivity index is 2.20. The molecule has 0 saturated heterocycles. The van der Waals surface area contributed by atoms with Crippen molar-refractivity contribution in [3.05, 3.63) is 29.1 Å². The summed E-state index contributed by atoms with van der Waals surface area (Å²) in [4.78, 5) is 0. The van der Waals surface area contributed by atoms with Gasteiger partial charge in [0.1, 0.15) is 11.6 Å². The van der Waals surface area contributed by atoms with E-state index >= 15 is 0 Å².